The van der Waals surface area contributed by atoms with Crippen LogP contribution in [-0.2, 0) is 42.9 Å². The molecule has 12 heteroatoms. The Morgan fingerprint density at radius 3 is 1.45 bits per heavy atom. The average molecular weight is 973 g/mol. The van der Waals surface area contributed by atoms with E-state index in [-0.39, 0.29) is 25.9 Å². The normalized spacial score (nSPS) is 19.1. The first kappa shape index (κ1) is 63.4. The van der Waals surface area contributed by atoms with E-state index in [0.29, 0.717) is 19.3 Å². The molecule has 0 spiro atoms. The predicted octanol–water partition coefficient (Wildman–Crippen LogP) is 13.2. The summed E-state index contributed by atoms with van der Waals surface area (Å²) in [5, 5.41) is 31.3. The van der Waals surface area contributed by atoms with Crippen molar-refractivity contribution < 1.29 is 58.2 Å². The summed E-state index contributed by atoms with van der Waals surface area (Å²) in [5.41, 5.74) is 0. The number of unbranched alkanes of at least 4 members (excludes halogenated alkanes) is 21. The quantitative estimate of drug-likeness (QED) is 0.0228. The number of hydrogen-bond acceptors (Lipinski definition) is 11. The van der Waals surface area contributed by atoms with E-state index in [1.807, 2.05) is 0 Å². The zero-order chi connectivity index (χ0) is 50.4. The number of carboxylic acids is 1. The molecular weight excluding hydrogens is 877 g/mol. The summed E-state index contributed by atoms with van der Waals surface area (Å²) in [6.07, 6.45) is 42.1. The molecular formula is C57H96O12. The Kier molecular flexibility index (Phi) is 41.9. The Morgan fingerprint density at radius 2 is 0.928 bits per heavy atom. The molecule has 1 heterocycles. The van der Waals surface area contributed by atoms with Crippen LogP contribution in [0.2, 0.25) is 0 Å². The van der Waals surface area contributed by atoms with Gasteiger partial charge in [0.05, 0.1) is 6.61 Å². The molecule has 0 aromatic carbocycles. The number of aliphatic hydroxyl groups is 2. The van der Waals surface area contributed by atoms with Crippen molar-refractivity contribution in [3.05, 3.63) is 60.8 Å². The van der Waals surface area contributed by atoms with Gasteiger partial charge in [-0.3, -0.25) is 14.4 Å². The van der Waals surface area contributed by atoms with Gasteiger partial charge in [0.2, 0.25) is 0 Å². The monoisotopic (exact) mass is 973 g/mol. The standard InChI is InChI=1S/C57H96O12/c1-4-7-10-13-16-19-22-23-24-25-26-27-30-31-34-37-40-43-49(58)65-46-48(67-50(59)44-41-38-35-32-28-20-17-14-11-8-5-2)47-66-57-55(53(62)52(61)54(69-57)56(63)64)68-51(60)45-42-39-36-33-29-21-18-15-12-9-6-3/h7,10,15-16,18-19,23-24,26-27,48,52-55,57,61-62H,4-6,8-9,11-14,17,20-22,25,28-47H2,1-3H3,(H,63,64)/b10-7-,18-15-,19-16-,24-23-,27-26-. The van der Waals surface area contributed by atoms with Gasteiger partial charge >= 0.3 is 23.9 Å². The van der Waals surface area contributed by atoms with E-state index in [0.717, 1.165) is 109 Å². The lowest BCUT2D eigenvalue weighted by molar-refractivity contribution is -0.301. The molecule has 6 unspecified atom stereocenters. The molecule has 1 rings (SSSR count). The molecule has 69 heavy (non-hydrogen) atoms. The maximum Gasteiger partial charge on any atom is 0.335 e. The van der Waals surface area contributed by atoms with Crippen molar-refractivity contribution >= 4 is 23.9 Å². The van der Waals surface area contributed by atoms with Crippen LogP contribution in [0, 0.1) is 0 Å². The Bertz CT molecular complexity index is 1440. The first-order chi connectivity index (χ1) is 33.6. The van der Waals surface area contributed by atoms with Crippen molar-refractivity contribution in [2.75, 3.05) is 13.2 Å². The number of hydrogen-bond donors (Lipinski definition) is 3. The summed E-state index contributed by atoms with van der Waals surface area (Å²) >= 11 is 0. The molecule has 396 valence electrons. The SMILES string of the molecule is CC/C=C\C/C=C\C/C=C\C/C=C\CCCCCCC(=O)OCC(COC1OC(C(=O)O)C(O)C(O)C1OC(=O)CCCCCCC/C=C\CCCC)OC(=O)CCCCCCCCCCCCC. The van der Waals surface area contributed by atoms with Gasteiger partial charge in [-0.1, -0.05) is 191 Å². The summed E-state index contributed by atoms with van der Waals surface area (Å²) < 4.78 is 28.3. The molecule has 0 aromatic heterocycles. The van der Waals surface area contributed by atoms with E-state index in [9.17, 15) is 34.5 Å². The van der Waals surface area contributed by atoms with Gasteiger partial charge < -0.3 is 39.0 Å². The van der Waals surface area contributed by atoms with Crippen molar-refractivity contribution in [3.8, 4) is 0 Å². The molecule has 1 aliphatic heterocycles. The number of rotatable bonds is 45. The summed E-state index contributed by atoms with van der Waals surface area (Å²) in [5.74, 6) is -3.16. The average Bonchev–Trinajstić information content (AvgIpc) is 3.33. The fourth-order valence-corrected chi connectivity index (χ4v) is 7.87. The number of allylic oxidation sites excluding steroid dienone is 10. The molecule has 12 nitrogen and oxygen atoms in total. The van der Waals surface area contributed by atoms with Crippen molar-refractivity contribution in [3.63, 3.8) is 0 Å². The minimum absolute atomic E-state index is 0.0475. The topological polar surface area (TPSA) is 175 Å². The maximum atomic E-state index is 13.1. The third-order valence-electron chi connectivity index (χ3n) is 12.1. The molecule has 0 radical (unpaired) electrons. The number of ether oxygens (including phenoxy) is 5. The lowest BCUT2D eigenvalue weighted by Gasteiger charge is -2.40. The van der Waals surface area contributed by atoms with Crippen molar-refractivity contribution in [1.82, 2.24) is 0 Å². The van der Waals surface area contributed by atoms with Gasteiger partial charge in [-0.05, 0) is 77.0 Å². The first-order valence-electron chi connectivity index (χ1n) is 27.3. The van der Waals surface area contributed by atoms with Gasteiger partial charge in [0.15, 0.2) is 24.6 Å². The molecule has 0 amide bonds. The largest absolute Gasteiger partial charge is 0.479 e. The lowest BCUT2D eigenvalue weighted by atomic mass is 9.98. The van der Waals surface area contributed by atoms with E-state index >= 15 is 0 Å². The molecule has 0 aromatic rings. The van der Waals surface area contributed by atoms with Gasteiger partial charge in [-0.25, -0.2) is 4.79 Å². The van der Waals surface area contributed by atoms with E-state index in [1.54, 1.807) is 0 Å². The van der Waals surface area contributed by atoms with Crippen LogP contribution in [0.25, 0.3) is 0 Å². The smallest absolute Gasteiger partial charge is 0.335 e. The zero-order valence-corrected chi connectivity index (χ0v) is 43.3. The Morgan fingerprint density at radius 1 is 0.493 bits per heavy atom. The number of carbonyl (C=O) groups is 4. The first-order valence-corrected chi connectivity index (χ1v) is 27.3. The second-order valence-electron chi connectivity index (χ2n) is 18.5. The molecule has 3 N–H and O–H groups in total. The molecule has 1 saturated heterocycles. The second-order valence-corrected chi connectivity index (χ2v) is 18.5. The molecule has 0 aliphatic carbocycles. The number of esters is 3. The fraction of sp³-hybridized carbons (Fsp3) is 0.754. The summed E-state index contributed by atoms with van der Waals surface area (Å²) in [6.45, 7) is 5.78. The lowest BCUT2D eigenvalue weighted by Crippen LogP contribution is -2.61. The van der Waals surface area contributed by atoms with Crippen LogP contribution < -0.4 is 0 Å². The highest BCUT2D eigenvalue weighted by atomic mass is 16.7. The van der Waals surface area contributed by atoms with Crippen LogP contribution in [0.3, 0.4) is 0 Å². The molecule has 1 fully saturated rings. The van der Waals surface area contributed by atoms with Crippen molar-refractivity contribution in [2.24, 2.45) is 0 Å². The van der Waals surface area contributed by atoms with Crippen LogP contribution in [0.4, 0.5) is 0 Å². The molecule has 0 bridgehead atoms. The molecule has 0 saturated carbocycles. The zero-order valence-electron chi connectivity index (χ0n) is 43.3. The van der Waals surface area contributed by atoms with Gasteiger partial charge in [-0.15, -0.1) is 0 Å². The number of aliphatic hydroxyl groups excluding tert-OH is 2. The second kappa shape index (κ2) is 45.6. The number of aliphatic carboxylic acids is 1. The number of carbonyl (C=O) groups excluding carboxylic acids is 3. The van der Waals surface area contributed by atoms with Gasteiger partial charge in [0.25, 0.3) is 0 Å². The highest BCUT2D eigenvalue weighted by Crippen LogP contribution is 2.26. The minimum Gasteiger partial charge on any atom is -0.479 e. The van der Waals surface area contributed by atoms with E-state index in [4.69, 9.17) is 23.7 Å². The Hall–Kier alpha value is -3.58. The number of carboxylic acid groups (broad SMARTS) is 1. The van der Waals surface area contributed by atoms with E-state index in [2.05, 4.69) is 81.5 Å². The van der Waals surface area contributed by atoms with Crippen LogP contribution >= 0.6 is 0 Å². The molecule has 1 aliphatic rings. The van der Waals surface area contributed by atoms with Crippen LogP contribution in [0.1, 0.15) is 226 Å². The van der Waals surface area contributed by atoms with Gasteiger partial charge in [0.1, 0.15) is 18.8 Å². The highest BCUT2D eigenvalue weighted by molar-refractivity contribution is 5.74. The minimum atomic E-state index is -1.91. The van der Waals surface area contributed by atoms with Gasteiger partial charge in [-0.2, -0.15) is 0 Å². The Labute approximate surface area is 417 Å². The Balaban J connectivity index is 2.72. The van der Waals surface area contributed by atoms with Crippen LogP contribution in [0.15, 0.2) is 60.8 Å². The summed E-state index contributed by atoms with van der Waals surface area (Å²) in [7, 11) is 0. The highest BCUT2D eigenvalue weighted by Gasteiger charge is 2.50. The third kappa shape index (κ3) is 36.1. The van der Waals surface area contributed by atoms with Crippen LogP contribution in [-0.4, -0.2) is 89.2 Å². The summed E-state index contributed by atoms with van der Waals surface area (Å²) in [6, 6.07) is 0. The predicted molar refractivity (Wildman–Crippen MR) is 275 cm³/mol. The van der Waals surface area contributed by atoms with Crippen LogP contribution in [0.5, 0.6) is 0 Å². The van der Waals surface area contributed by atoms with Crippen molar-refractivity contribution in [2.45, 2.75) is 263 Å². The fourth-order valence-electron chi connectivity index (χ4n) is 7.87. The summed E-state index contributed by atoms with van der Waals surface area (Å²) in [4.78, 5) is 50.9. The van der Waals surface area contributed by atoms with Gasteiger partial charge in [0, 0.05) is 19.3 Å². The van der Waals surface area contributed by atoms with E-state index in [1.165, 1.54) is 57.8 Å². The van der Waals surface area contributed by atoms with Crippen molar-refractivity contribution in [1.29, 1.82) is 0 Å². The molecule has 6 atom stereocenters. The van der Waals surface area contributed by atoms with E-state index < -0.39 is 67.3 Å². The third-order valence-corrected chi connectivity index (χ3v) is 12.1. The maximum absolute atomic E-state index is 13.1.